The van der Waals surface area contributed by atoms with Crippen molar-refractivity contribution in [2.45, 2.75) is 18.8 Å². The van der Waals surface area contributed by atoms with Crippen LogP contribution in [0.2, 0.25) is 0 Å². The van der Waals surface area contributed by atoms with E-state index in [-0.39, 0.29) is 5.92 Å². The van der Waals surface area contributed by atoms with Gasteiger partial charge in [-0.05, 0) is 54.7 Å². The molecule has 152 valence electrons. The van der Waals surface area contributed by atoms with Crippen molar-refractivity contribution in [2.75, 3.05) is 25.2 Å². The first-order chi connectivity index (χ1) is 13.8. The molecule has 0 unspecified atom stereocenters. The number of esters is 1. The fraction of sp³-hybridized carbons (Fsp3) is 0.286. The molecule has 8 heteroatoms. The van der Waals surface area contributed by atoms with Crippen LogP contribution in [0.25, 0.3) is 22.3 Å². The van der Waals surface area contributed by atoms with E-state index in [1.165, 1.54) is 7.11 Å². The lowest BCUT2D eigenvalue weighted by Crippen LogP contribution is -2.11. The molecular weight excluding hydrogens is 394 g/mol. The van der Waals surface area contributed by atoms with Crippen LogP contribution < -0.4 is 9.46 Å². The van der Waals surface area contributed by atoms with Crippen molar-refractivity contribution in [3.63, 3.8) is 0 Å². The van der Waals surface area contributed by atoms with Gasteiger partial charge in [0.1, 0.15) is 22.7 Å². The van der Waals surface area contributed by atoms with Gasteiger partial charge in [-0.15, -0.1) is 0 Å². The average molecular weight is 415 g/mol. The van der Waals surface area contributed by atoms with Crippen LogP contribution in [0.4, 0.5) is 5.69 Å². The van der Waals surface area contributed by atoms with Gasteiger partial charge in [0.2, 0.25) is 10.0 Å². The number of fused-ring (bicyclic) bond motifs is 1. The molecule has 1 aromatic heterocycles. The standard InChI is InChI=1S/C21H21NO6S/c1-26-14-8-6-13(7-9-14)20-19(21(23)27-2)16-10-15(12-4-5-12)17(11-18(16)28-20)22-29(3,24)25/h6-12,22H,4-5H2,1-3H3. The van der Waals surface area contributed by atoms with Crippen molar-refractivity contribution in [3.8, 4) is 17.1 Å². The third-order valence-corrected chi connectivity index (χ3v) is 5.51. The van der Waals surface area contributed by atoms with E-state index in [0.29, 0.717) is 39.3 Å². The Labute approximate surface area is 168 Å². The predicted molar refractivity (Wildman–Crippen MR) is 110 cm³/mol. The van der Waals surface area contributed by atoms with Gasteiger partial charge < -0.3 is 13.9 Å². The number of hydrogen-bond acceptors (Lipinski definition) is 6. The van der Waals surface area contributed by atoms with Crippen molar-refractivity contribution >= 4 is 32.6 Å². The average Bonchev–Trinajstić information content (AvgIpc) is 3.46. The molecule has 1 heterocycles. The number of sulfonamides is 1. The summed E-state index contributed by atoms with van der Waals surface area (Å²) < 4.78 is 42.4. The first kappa shape index (κ1) is 19.3. The molecular formula is C21H21NO6S. The highest BCUT2D eigenvalue weighted by atomic mass is 32.2. The van der Waals surface area contributed by atoms with Crippen LogP contribution in [0.5, 0.6) is 5.75 Å². The fourth-order valence-electron chi connectivity index (χ4n) is 3.43. The highest BCUT2D eigenvalue weighted by molar-refractivity contribution is 7.92. The monoisotopic (exact) mass is 415 g/mol. The van der Waals surface area contributed by atoms with E-state index < -0.39 is 16.0 Å². The van der Waals surface area contributed by atoms with Gasteiger partial charge in [-0.3, -0.25) is 4.72 Å². The molecule has 0 aliphatic heterocycles. The van der Waals surface area contributed by atoms with Gasteiger partial charge in [0.05, 0.1) is 26.2 Å². The van der Waals surface area contributed by atoms with Crippen LogP contribution in [0, 0.1) is 0 Å². The molecule has 0 saturated heterocycles. The summed E-state index contributed by atoms with van der Waals surface area (Å²) in [7, 11) is -0.560. The number of nitrogens with one attached hydrogen (secondary N) is 1. The Morgan fingerprint density at radius 3 is 2.38 bits per heavy atom. The second-order valence-electron chi connectivity index (χ2n) is 7.11. The zero-order chi connectivity index (χ0) is 20.8. The second-order valence-corrected chi connectivity index (χ2v) is 8.86. The highest BCUT2D eigenvalue weighted by Crippen LogP contribution is 2.46. The molecule has 0 bridgehead atoms. The van der Waals surface area contributed by atoms with Gasteiger partial charge >= 0.3 is 5.97 Å². The summed E-state index contributed by atoms with van der Waals surface area (Å²) in [6, 6.07) is 10.6. The SMILES string of the molecule is COC(=O)c1c(-c2ccc(OC)cc2)oc2cc(NS(C)(=O)=O)c(C3CC3)cc12. The molecule has 1 aliphatic rings. The van der Waals surface area contributed by atoms with Gasteiger partial charge in [-0.2, -0.15) is 0 Å². The molecule has 0 atom stereocenters. The van der Waals surface area contributed by atoms with Crippen molar-refractivity contribution < 1.29 is 27.1 Å². The van der Waals surface area contributed by atoms with E-state index in [1.807, 2.05) is 6.07 Å². The zero-order valence-corrected chi connectivity index (χ0v) is 17.1. The molecule has 1 N–H and O–H groups in total. The van der Waals surface area contributed by atoms with Crippen LogP contribution in [-0.4, -0.2) is 34.9 Å². The smallest absolute Gasteiger partial charge is 0.342 e. The van der Waals surface area contributed by atoms with Gasteiger partial charge in [0.15, 0.2) is 0 Å². The number of anilines is 1. The number of furan rings is 1. The summed E-state index contributed by atoms with van der Waals surface area (Å²) in [5.74, 6) is 0.793. The molecule has 0 spiro atoms. The van der Waals surface area contributed by atoms with Crippen LogP contribution in [0.3, 0.4) is 0 Å². The summed E-state index contributed by atoms with van der Waals surface area (Å²) in [4.78, 5) is 12.6. The van der Waals surface area contributed by atoms with E-state index >= 15 is 0 Å². The number of methoxy groups -OCH3 is 2. The number of carbonyl (C=O) groups excluding carboxylic acids is 1. The topological polar surface area (TPSA) is 94.8 Å². The highest BCUT2D eigenvalue weighted by Gasteiger charge is 2.30. The molecule has 0 radical (unpaired) electrons. The number of benzene rings is 2. The summed E-state index contributed by atoms with van der Waals surface area (Å²) in [6.45, 7) is 0. The normalized spacial score (nSPS) is 14.0. The van der Waals surface area contributed by atoms with E-state index in [2.05, 4.69) is 4.72 Å². The van der Waals surface area contributed by atoms with E-state index in [0.717, 1.165) is 24.7 Å². The van der Waals surface area contributed by atoms with Crippen LogP contribution in [0.15, 0.2) is 40.8 Å². The molecule has 29 heavy (non-hydrogen) atoms. The maximum absolute atomic E-state index is 12.6. The molecule has 1 saturated carbocycles. The van der Waals surface area contributed by atoms with Crippen molar-refractivity contribution in [2.24, 2.45) is 0 Å². The van der Waals surface area contributed by atoms with Crippen LogP contribution in [0.1, 0.15) is 34.7 Å². The fourth-order valence-corrected chi connectivity index (χ4v) is 4.01. The predicted octanol–water partition coefficient (Wildman–Crippen LogP) is 4.14. The molecule has 2 aromatic carbocycles. The minimum Gasteiger partial charge on any atom is -0.497 e. The Kier molecular flexibility index (Phi) is 4.74. The first-order valence-corrected chi connectivity index (χ1v) is 11.0. The summed E-state index contributed by atoms with van der Waals surface area (Å²) in [6.07, 6.45) is 3.06. The summed E-state index contributed by atoms with van der Waals surface area (Å²) >= 11 is 0. The molecule has 7 nitrogen and oxygen atoms in total. The Bertz CT molecular complexity index is 1190. The number of carbonyl (C=O) groups is 1. The maximum atomic E-state index is 12.6. The van der Waals surface area contributed by atoms with Gasteiger partial charge in [-0.1, -0.05) is 0 Å². The summed E-state index contributed by atoms with van der Waals surface area (Å²) in [5.41, 5.74) is 2.75. The largest absolute Gasteiger partial charge is 0.497 e. The van der Waals surface area contributed by atoms with E-state index in [1.54, 1.807) is 37.4 Å². The number of ether oxygens (including phenoxy) is 2. The second kappa shape index (κ2) is 7.11. The molecule has 4 rings (SSSR count). The van der Waals surface area contributed by atoms with Gasteiger partial charge in [-0.25, -0.2) is 13.2 Å². The lowest BCUT2D eigenvalue weighted by atomic mass is 10.0. The van der Waals surface area contributed by atoms with Crippen molar-refractivity contribution in [1.29, 1.82) is 0 Å². The number of hydrogen-bond donors (Lipinski definition) is 1. The lowest BCUT2D eigenvalue weighted by Gasteiger charge is -2.10. The maximum Gasteiger partial charge on any atom is 0.342 e. The third kappa shape index (κ3) is 3.80. The van der Waals surface area contributed by atoms with E-state index in [4.69, 9.17) is 13.9 Å². The number of rotatable bonds is 6. The van der Waals surface area contributed by atoms with Crippen LogP contribution in [-0.2, 0) is 14.8 Å². The van der Waals surface area contributed by atoms with Crippen molar-refractivity contribution in [3.05, 3.63) is 47.5 Å². The lowest BCUT2D eigenvalue weighted by molar-refractivity contribution is 0.0603. The minimum atomic E-state index is -3.46. The molecule has 0 amide bonds. The van der Waals surface area contributed by atoms with Gasteiger partial charge in [0.25, 0.3) is 0 Å². The minimum absolute atomic E-state index is 0.258. The Balaban J connectivity index is 1.94. The molecule has 1 aliphatic carbocycles. The third-order valence-electron chi connectivity index (χ3n) is 4.91. The molecule has 1 fully saturated rings. The Hall–Kier alpha value is -3.00. The first-order valence-electron chi connectivity index (χ1n) is 9.11. The molecule has 3 aromatic rings. The van der Waals surface area contributed by atoms with E-state index in [9.17, 15) is 13.2 Å². The van der Waals surface area contributed by atoms with Gasteiger partial charge in [0, 0.05) is 17.0 Å². The Morgan fingerprint density at radius 2 is 1.83 bits per heavy atom. The Morgan fingerprint density at radius 1 is 1.14 bits per heavy atom. The zero-order valence-electron chi connectivity index (χ0n) is 16.3. The summed E-state index contributed by atoms with van der Waals surface area (Å²) in [5, 5.41) is 0.601. The van der Waals surface area contributed by atoms with Crippen LogP contribution >= 0.6 is 0 Å². The quantitative estimate of drug-likeness (QED) is 0.608. The van der Waals surface area contributed by atoms with Crippen molar-refractivity contribution in [1.82, 2.24) is 0 Å².